The van der Waals surface area contributed by atoms with E-state index in [0.29, 0.717) is 13.1 Å². The Morgan fingerprint density at radius 2 is 2.36 bits per heavy atom. The normalized spacial score (nSPS) is 18.8. The Labute approximate surface area is 69.5 Å². The molecule has 7 heteroatoms. The summed E-state index contributed by atoms with van der Waals surface area (Å²) in [6.45, 7) is 1.03. The first-order valence-electron chi connectivity index (χ1n) is 3.15. The van der Waals surface area contributed by atoms with E-state index in [1.54, 1.807) is 0 Å². The summed E-state index contributed by atoms with van der Waals surface area (Å²) in [5.41, 5.74) is 0. The zero-order valence-corrected chi connectivity index (χ0v) is 7.51. The van der Waals surface area contributed by atoms with E-state index >= 15 is 0 Å². The fourth-order valence-corrected chi connectivity index (χ4v) is 2.13. The van der Waals surface area contributed by atoms with E-state index in [1.807, 2.05) is 0 Å². The molecular formula is C4H9ClN2O3Si. The predicted molar refractivity (Wildman–Crippen MR) is 41.0 cm³/mol. The molecule has 0 spiro atoms. The molecule has 0 unspecified atom stereocenters. The summed E-state index contributed by atoms with van der Waals surface area (Å²) in [5, 5.41) is 2.52. The molecule has 2 amide bonds. The maximum atomic E-state index is 10.8. The van der Waals surface area contributed by atoms with Crippen molar-refractivity contribution in [3.05, 3.63) is 0 Å². The molecule has 0 atom stereocenters. The van der Waals surface area contributed by atoms with E-state index in [2.05, 4.69) is 5.32 Å². The van der Waals surface area contributed by atoms with E-state index in [0.717, 1.165) is 0 Å². The molecule has 0 aromatic carbocycles. The molecule has 0 saturated carbocycles. The number of halogens is 1. The molecule has 64 valence electrons. The molecule has 11 heavy (non-hydrogen) atoms. The summed E-state index contributed by atoms with van der Waals surface area (Å²) in [6.07, 6.45) is -0.139. The number of nitrogens with one attached hydrogen (secondary N) is 1. The second-order valence-corrected chi connectivity index (χ2v) is 5.94. The molecule has 1 aliphatic rings. The monoisotopic (exact) mass is 196 g/mol. The topological polar surface area (TPSA) is 72.8 Å². The van der Waals surface area contributed by atoms with Gasteiger partial charge in [-0.2, -0.15) is 0 Å². The van der Waals surface area contributed by atoms with Gasteiger partial charge in [0.05, 0.1) is 6.17 Å². The zero-order valence-electron chi connectivity index (χ0n) is 5.75. The average Bonchev–Trinajstić information content (AvgIpc) is 2.12. The first kappa shape index (κ1) is 8.79. The summed E-state index contributed by atoms with van der Waals surface area (Å²) < 4.78 is 0. The molecule has 1 heterocycles. The van der Waals surface area contributed by atoms with E-state index in [9.17, 15) is 4.79 Å². The van der Waals surface area contributed by atoms with Crippen LogP contribution in [0, 0.1) is 0 Å². The van der Waals surface area contributed by atoms with Gasteiger partial charge in [0.2, 0.25) is 0 Å². The van der Waals surface area contributed by atoms with Crippen molar-refractivity contribution in [2.75, 3.05) is 19.3 Å². The van der Waals surface area contributed by atoms with Crippen LogP contribution >= 0.6 is 11.1 Å². The Kier molecular flexibility index (Phi) is 2.38. The van der Waals surface area contributed by atoms with Crippen molar-refractivity contribution in [3.8, 4) is 0 Å². The molecule has 5 nitrogen and oxygen atoms in total. The van der Waals surface area contributed by atoms with Crippen molar-refractivity contribution < 1.29 is 14.4 Å². The number of carbonyl (C=O) groups is 1. The van der Waals surface area contributed by atoms with E-state index in [4.69, 9.17) is 20.7 Å². The Hall–Kier alpha value is -0.303. The molecule has 0 bridgehead atoms. The van der Waals surface area contributed by atoms with Crippen LogP contribution in [0.4, 0.5) is 4.79 Å². The second kappa shape index (κ2) is 2.98. The minimum Gasteiger partial charge on any atom is -0.398 e. The number of nitrogens with zero attached hydrogens (tertiary/aromatic N) is 1. The van der Waals surface area contributed by atoms with Gasteiger partial charge in [-0.05, 0) is 0 Å². The van der Waals surface area contributed by atoms with Crippen LogP contribution in [0.25, 0.3) is 0 Å². The van der Waals surface area contributed by atoms with Gasteiger partial charge in [-0.15, -0.1) is 0 Å². The van der Waals surface area contributed by atoms with Gasteiger partial charge in [0.15, 0.2) is 0 Å². The Bertz CT molecular complexity index is 171. The van der Waals surface area contributed by atoms with Crippen LogP contribution in [-0.4, -0.2) is 47.7 Å². The van der Waals surface area contributed by atoms with Crippen molar-refractivity contribution in [1.29, 1.82) is 0 Å². The molecule has 1 rings (SSSR count). The van der Waals surface area contributed by atoms with Crippen molar-refractivity contribution in [2.24, 2.45) is 0 Å². The fourth-order valence-electron chi connectivity index (χ4n) is 0.905. The Balaban J connectivity index is 2.43. The van der Waals surface area contributed by atoms with Gasteiger partial charge in [-0.3, -0.25) is 0 Å². The highest BCUT2D eigenvalue weighted by atomic mass is 35.6. The third-order valence-electron chi connectivity index (χ3n) is 1.34. The highest BCUT2D eigenvalue weighted by Gasteiger charge is 2.33. The van der Waals surface area contributed by atoms with Crippen LogP contribution < -0.4 is 5.32 Å². The largest absolute Gasteiger partial charge is 0.458 e. The lowest BCUT2D eigenvalue weighted by Crippen LogP contribution is -2.45. The lowest BCUT2D eigenvalue weighted by molar-refractivity contribution is 0.218. The lowest BCUT2D eigenvalue weighted by atomic mass is 10.7. The summed E-state index contributed by atoms with van der Waals surface area (Å²) >= 11 is 5.21. The van der Waals surface area contributed by atoms with Gasteiger partial charge in [-0.25, -0.2) is 4.79 Å². The summed E-state index contributed by atoms with van der Waals surface area (Å²) in [6, 6.07) is -0.286. The molecule has 0 radical (unpaired) electrons. The number of urea groups is 1. The summed E-state index contributed by atoms with van der Waals surface area (Å²) in [4.78, 5) is 29.8. The average molecular weight is 197 g/mol. The van der Waals surface area contributed by atoms with Crippen LogP contribution in [0.3, 0.4) is 0 Å². The van der Waals surface area contributed by atoms with Crippen LogP contribution in [0.1, 0.15) is 0 Å². The third-order valence-corrected chi connectivity index (χ3v) is 2.48. The molecule has 3 N–H and O–H groups in total. The fraction of sp³-hybridized carbons (Fsp3) is 0.750. The van der Waals surface area contributed by atoms with E-state index in [1.165, 1.54) is 4.90 Å². The maximum Gasteiger partial charge on any atom is 0.458 e. The van der Waals surface area contributed by atoms with Crippen LogP contribution in [0.2, 0.25) is 0 Å². The van der Waals surface area contributed by atoms with Gasteiger partial charge < -0.3 is 19.8 Å². The van der Waals surface area contributed by atoms with Gasteiger partial charge in [-0.1, -0.05) is 11.1 Å². The van der Waals surface area contributed by atoms with Crippen molar-refractivity contribution >= 4 is 25.0 Å². The van der Waals surface area contributed by atoms with Crippen LogP contribution in [0.5, 0.6) is 0 Å². The maximum absolute atomic E-state index is 10.8. The first-order valence-corrected chi connectivity index (χ1v) is 6.27. The van der Waals surface area contributed by atoms with E-state index < -0.39 is 7.87 Å². The second-order valence-electron chi connectivity index (χ2n) is 2.37. The third kappa shape index (κ3) is 2.66. The molecule has 1 aliphatic heterocycles. The number of hydrogen-bond donors (Lipinski definition) is 3. The van der Waals surface area contributed by atoms with Crippen LogP contribution in [-0.2, 0) is 0 Å². The molecule has 1 saturated heterocycles. The number of amides is 2. The minimum atomic E-state index is -3.63. The first-order chi connectivity index (χ1) is 4.99. The SMILES string of the molecule is O=C1NCCN1C[Si](O)(O)Cl. The molecule has 0 aromatic heterocycles. The number of hydrogen-bond acceptors (Lipinski definition) is 3. The minimum absolute atomic E-state index is 0.139. The van der Waals surface area contributed by atoms with Crippen molar-refractivity contribution in [1.82, 2.24) is 10.2 Å². The number of rotatable bonds is 2. The quantitative estimate of drug-likeness (QED) is 0.380. The van der Waals surface area contributed by atoms with Gasteiger partial charge in [0.25, 0.3) is 0 Å². The highest BCUT2D eigenvalue weighted by Crippen LogP contribution is 2.05. The molecule has 0 aliphatic carbocycles. The molecule has 1 fully saturated rings. The standard InChI is InChI=1S/C4H9ClN2O3Si/c5-11(9,10)3-7-2-1-6-4(7)8/h9-10H,1-3H2,(H,6,8). The number of carbonyl (C=O) groups excluding carboxylic acids is 1. The molecule has 0 aromatic rings. The van der Waals surface area contributed by atoms with Gasteiger partial charge in [0.1, 0.15) is 0 Å². The van der Waals surface area contributed by atoms with Gasteiger partial charge in [0, 0.05) is 13.1 Å². The molecular weight excluding hydrogens is 188 g/mol. The van der Waals surface area contributed by atoms with E-state index in [-0.39, 0.29) is 12.2 Å². The smallest absolute Gasteiger partial charge is 0.398 e. The van der Waals surface area contributed by atoms with Crippen LogP contribution in [0.15, 0.2) is 0 Å². The lowest BCUT2D eigenvalue weighted by Gasteiger charge is -2.17. The Morgan fingerprint density at radius 3 is 2.73 bits per heavy atom. The zero-order chi connectivity index (χ0) is 8.48. The predicted octanol–water partition coefficient (Wildman–Crippen LogP) is -1.29. The Morgan fingerprint density at radius 1 is 1.73 bits per heavy atom. The van der Waals surface area contributed by atoms with Crippen molar-refractivity contribution in [3.63, 3.8) is 0 Å². The highest BCUT2D eigenvalue weighted by molar-refractivity contribution is 7.11. The van der Waals surface area contributed by atoms with Gasteiger partial charge >= 0.3 is 13.9 Å². The summed E-state index contributed by atoms with van der Waals surface area (Å²) in [7, 11) is -3.63. The summed E-state index contributed by atoms with van der Waals surface area (Å²) in [5.74, 6) is 0. The van der Waals surface area contributed by atoms with Crippen molar-refractivity contribution in [2.45, 2.75) is 0 Å².